The molecule has 0 saturated heterocycles. The van der Waals surface area contributed by atoms with Crippen LogP contribution in [0, 0.1) is 6.92 Å². The lowest BCUT2D eigenvalue weighted by Crippen LogP contribution is -1.89. The number of ether oxygens (including phenoxy) is 2. The fourth-order valence-corrected chi connectivity index (χ4v) is 2.01. The molecule has 0 aliphatic heterocycles. The summed E-state index contributed by atoms with van der Waals surface area (Å²) in [6, 6.07) is 8.75. The minimum Gasteiger partial charge on any atom is -0.504 e. The highest BCUT2D eigenvalue weighted by molar-refractivity contribution is 6.31. The largest absolute Gasteiger partial charge is 0.504 e. The van der Waals surface area contributed by atoms with Crippen LogP contribution in [0.25, 0.3) is 0 Å². The first-order chi connectivity index (χ1) is 10.1. The molecule has 0 aliphatic rings. The number of halogens is 1. The number of aliphatic imine (C=N–C) groups is 1. The lowest BCUT2D eigenvalue weighted by molar-refractivity contribution is 0.373. The summed E-state index contributed by atoms with van der Waals surface area (Å²) >= 11 is 6.06. The molecular formula is C16H16ClNO3. The van der Waals surface area contributed by atoms with Crippen LogP contribution < -0.4 is 9.47 Å². The van der Waals surface area contributed by atoms with Gasteiger partial charge in [0.05, 0.1) is 14.2 Å². The van der Waals surface area contributed by atoms with Crippen LogP contribution in [0.15, 0.2) is 35.3 Å². The quantitative estimate of drug-likeness (QED) is 0.864. The third-order valence-electron chi connectivity index (χ3n) is 3.05. The van der Waals surface area contributed by atoms with E-state index >= 15 is 0 Å². The summed E-state index contributed by atoms with van der Waals surface area (Å²) in [5.74, 6) is 1.02. The van der Waals surface area contributed by atoms with Crippen LogP contribution in [0.4, 0.5) is 5.69 Å². The van der Waals surface area contributed by atoms with Gasteiger partial charge in [-0.2, -0.15) is 0 Å². The summed E-state index contributed by atoms with van der Waals surface area (Å²) in [5.41, 5.74) is 2.10. The third-order valence-corrected chi connectivity index (χ3v) is 3.46. The molecule has 2 aromatic rings. The van der Waals surface area contributed by atoms with E-state index in [1.54, 1.807) is 37.6 Å². The Morgan fingerprint density at radius 3 is 2.52 bits per heavy atom. The molecule has 2 rings (SSSR count). The molecule has 0 saturated carbocycles. The van der Waals surface area contributed by atoms with E-state index in [0.717, 1.165) is 5.56 Å². The maximum absolute atomic E-state index is 10.0. The van der Waals surface area contributed by atoms with Crippen molar-refractivity contribution in [1.29, 1.82) is 0 Å². The average molecular weight is 306 g/mol. The first-order valence-electron chi connectivity index (χ1n) is 6.31. The van der Waals surface area contributed by atoms with E-state index in [1.807, 2.05) is 13.0 Å². The molecule has 0 aliphatic carbocycles. The summed E-state index contributed by atoms with van der Waals surface area (Å²) in [4.78, 5) is 4.36. The summed E-state index contributed by atoms with van der Waals surface area (Å²) in [7, 11) is 3.06. The van der Waals surface area contributed by atoms with Gasteiger partial charge in [-0.05, 0) is 30.7 Å². The highest BCUT2D eigenvalue weighted by Crippen LogP contribution is 2.34. The van der Waals surface area contributed by atoms with Crippen molar-refractivity contribution in [2.75, 3.05) is 14.2 Å². The second kappa shape index (κ2) is 6.50. The van der Waals surface area contributed by atoms with E-state index in [4.69, 9.17) is 21.1 Å². The van der Waals surface area contributed by atoms with Gasteiger partial charge < -0.3 is 14.6 Å². The molecule has 0 fully saturated rings. The van der Waals surface area contributed by atoms with Crippen LogP contribution in [0.1, 0.15) is 11.1 Å². The molecule has 110 valence electrons. The molecule has 21 heavy (non-hydrogen) atoms. The fourth-order valence-electron chi connectivity index (χ4n) is 1.86. The highest BCUT2D eigenvalue weighted by atomic mass is 35.5. The molecule has 0 aromatic heterocycles. The number of para-hydroxylation sites is 1. The Bertz CT molecular complexity index is 683. The standard InChI is InChI=1S/C16H16ClNO3/c1-10-7-13(15(21-3)8-12(10)17)18-9-11-5-4-6-14(20-2)16(11)19/h4-9,19H,1-3H3. The molecule has 0 unspecified atom stereocenters. The number of phenolic OH excluding ortho intramolecular Hbond substituents is 1. The highest BCUT2D eigenvalue weighted by Gasteiger charge is 2.08. The minimum atomic E-state index is 0.0494. The zero-order chi connectivity index (χ0) is 15.4. The van der Waals surface area contributed by atoms with E-state index < -0.39 is 0 Å². The van der Waals surface area contributed by atoms with Crippen molar-refractivity contribution in [3.8, 4) is 17.2 Å². The number of methoxy groups -OCH3 is 2. The number of benzene rings is 2. The summed E-state index contributed by atoms with van der Waals surface area (Å²) in [6.45, 7) is 1.89. The second-order valence-electron chi connectivity index (χ2n) is 4.43. The van der Waals surface area contributed by atoms with Crippen LogP contribution >= 0.6 is 11.6 Å². The van der Waals surface area contributed by atoms with Crippen LogP contribution in [0.3, 0.4) is 0 Å². The Hall–Kier alpha value is -2.20. The van der Waals surface area contributed by atoms with Crippen molar-refractivity contribution in [1.82, 2.24) is 0 Å². The van der Waals surface area contributed by atoms with Crippen molar-refractivity contribution >= 4 is 23.5 Å². The molecule has 0 spiro atoms. The number of aryl methyl sites for hydroxylation is 1. The van der Waals surface area contributed by atoms with Gasteiger partial charge in [0.1, 0.15) is 11.4 Å². The van der Waals surface area contributed by atoms with Gasteiger partial charge in [-0.1, -0.05) is 17.7 Å². The Balaban J connectivity index is 2.40. The van der Waals surface area contributed by atoms with Crippen molar-refractivity contribution in [2.24, 2.45) is 4.99 Å². The molecule has 2 aromatic carbocycles. The lowest BCUT2D eigenvalue weighted by atomic mass is 10.2. The number of hydrogen-bond acceptors (Lipinski definition) is 4. The van der Waals surface area contributed by atoms with Crippen LogP contribution in [-0.4, -0.2) is 25.5 Å². The normalized spacial score (nSPS) is 10.9. The summed E-state index contributed by atoms with van der Waals surface area (Å²) in [5, 5.41) is 10.6. The number of phenols is 1. The van der Waals surface area contributed by atoms with Crippen molar-refractivity contribution in [3.05, 3.63) is 46.5 Å². The first-order valence-corrected chi connectivity index (χ1v) is 6.68. The fraction of sp³-hybridized carbons (Fsp3) is 0.188. The van der Waals surface area contributed by atoms with Gasteiger partial charge in [0, 0.05) is 22.9 Å². The Morgan fingerprint density at radius 1 is 1.14 bits per heavy atom. The zero-order valence-electron chi connectivity index (χ0n) is 12.1. The number of hydrogen-bond donors (Lipinski definition) is 1. The number of rotatable bonds is 4. The Morgan fingerprint density at radius 2 is 1.86 bits per heavy atom. The number of aromatic hydroxyl groups is 1. The molecule has 5 heteroatoms. The molecule has 0 amide bonds. The first kappa shape index (κ1) is 15.2. The smallest absolute Gasteiger partial charge is 0.166 e. The molecule has 0 atom stereocenters. The van der Waals surface area contributed by atoms with Gasteiger partial charge in [0.15, 0.2) is 11.5 Å². The maximum Gasteiger partial charge on any atom is 0.166 e. The van der Waals surface area contributed by atoms with Crippen LogP contribution in [-0.2, 0) is 0 Å². The van der Waals surface area contributed by atoms with E-state index in [2.05, 4.69) is 4.99 Å². The second-order valence-corrected chi connectivity index (χ2v) is 4.84. The molecule has 0 heterocycles. The van der Waals surface area contributed by atoms with Crippen molar-refractivity contribution < 1.29 is 14.6 Å². The van der Waals surface area contributed by atoms with E-state index in [1.165, 1.54) is 7.11 Å². The van der Waals surface area contributed by atoms with E-state index in [-0.39, 0.29) is 5.75 Å². The summed E-state index contributed by atoms with van der Waals surface area (Å²) in [6.07, 6.45) is 1.56. The predicted octanol–water partition coefficient (Wildman–Crippen LogP) is 4.12. The minimum absolute atomic E-state index is 0.0494. The topological polar surface area (TPSA) is 51.0 Å². The van der Waals surface area contributed by atoms with Gasteiger partial charge in [0.2, 0.25) is 0 Å². The zero-order valence-corrected chi connectivity index (χ0v) is 12.8. The van der Waals surface area contributed by atoms with Crippen molar-refractivity contribution in [3.63, 3.8) is 0 Å². The monoisotopic (exact) mass is 305 g/mol. The van der Waals surface area contributed by atoms with Crippen LogP contribution in [0.2, 0.25) is 5.02 Å². The third kappa shape index (κ3) is 3.28. The van der Waals surface area contributed by atoms with E-state index in [0.29, 0.717) is 27.8 Å². The van der Waals surface area contributed by atoms with Gasteiger partial charge in [-0.3, -0.25) is 4.99 Å². The molecular weight excluding hydrogens is 290 g/mol. The van der Waals surface area contributed by atoms with Gasteiger partial charge in [-0.25, -0.2) is 0 Å². The van der Waals surface area contributed by atoms with Crippen LogP contribution in [0.5, 0.6) is 17.2 Å². The SMILES string of the molecule is COc1cc(Cl)c(C)cc1N=Cc1cccc(OC)c1O. The number of nitrogens with zero attached hydrogens (tertiary/aromatic N) is 1. The lowest BCUT2D eigenvalue weighted by Gasteiger charge is -2.08. The molecule has 4 nitrogen and oxygen atoms in total. The summed E-state index contributed by atoms with van der Waals surface area (Å²) < 4.78 is 10.3. The maximum atomic E-state index is 10.0. The van der Waals surface area contributed by atoms with Gasteiger partial charge >= 0.3 is 0 Å². The average Bonchev–Trinajstić information content (AvgIpc) is 2.49. The Kier molecular flexibility index (Phi) is 4.70. The molecule has 0 bridgehead atoms. The van der Waals surface area contributed by atoms with Gasteiger partial charge in [0.25, 0.3) is 0 Å². The molecule has 1 N–H and O–H groups in total. The van der Waals surface area contributed by atoms with Gasteiger partial charge in [-0.15, -0.1) is 0 Å². The molecule has 0 radical (unpaired) electrons. The van der Waals surface area contributed by atoms with Crippen molar-refractivity contribution in [2.45, 2.75) is 6.92 Å². The van der Waals surface area contributed by atoms with E-state index in [9.17, 15) is 5.11 Å². The predicted molar refractivity (Wildman–Crippen MR) is 84.7 cm³/mol. The Labute approximate surface area is 128 Å².